The summed E-state index contributed by atoms with van der Waals surface area (Å²) in [4.78, 5) is 13.9. The number of carbonyl (C=O) groups is 1. The van der Waals surface area contributed by atoms with Gasteiger partial charge in [0.25, 0.3) is 0 Å². The van der Waals surface area contributed by atoms with Crippen molar-refractivity contribution in [3.8, 4) is 0 Å². The molecule has 15 heavy (non-hydrogen) atoms. The fourth-order valence-corrected chi connectivity index (χ4v) is 2.24. The predicted octanol–water partition coefficient (Wildman–Crippen LogP) is 3.14. The summed E-state index contributed by atoms with van der Waals surface area (Å²) in [6.45, 7) is 6.58. The minimum Gasteiger partial charge on any atom is -0.369 e. The molecule has 0 aliphatic carbocycles. The number of hydrogen-bond acceptors (Lipinski definition) is 3. The number of carbonyl (C=O) groups excluding carboxylic acids is 1. The third-order valence-corrected chi connectivity index (χ3v) is 2.99. The molecule has 1 aromatic heterocycles. The van der Waals surface area contributed by atoms with E-state index in [0.717, 1.165) is 10.4 Å². The van der Waals surface area contributed by atoms with Crippen LogP contribution >= 0.6 is 11.3 Å². The second-order valence-corrected chi connectivity index (χ2v) is 4.79. The first-order valence-corrected chi connectivity index (χ1v) is 5.76. The Labute approximate surface area is 94.6 Å². The van der Waals surface area contributed by atoms with Gasteiger partial charge in [-0.05, 0) is 26.8 Å². The molecule has 1 rings (SSSR count). The molecule has 0 aliphatic heterocycles. The van der Waals surface area contributed by atoms with Gasteiger partial charge in [0.2, 0.25) is 0 Å². The second kappa shape index (κ2) is 5.83. The zero-order valence-corrected chi connectivity index (χ0v) is 10.2. The third-order valence-electron chi connectivity index (χ3n) is 2.02. The first kappa shape index (κ1) is 12.1. The van der Waals surface area contributed by atoms with Gasteiger partial charge in [0.15, 0.2) is 5.78 Å². The van der Waals surface area contributed by atoms with Gasteiger partial charge in [-0.3, -0.25) is 4.79 Å². The minimum atomic E-state index is 0.0707. The summed E-state index contributed by atoms with van der Waals surface area (Å²) in [5.41, 5.74) is 0.804. The normalized spacial score (nSPS) is 11.1. The highest BCUT2D eigenvalue weighted by atomic mass is 32.1. The van der Waals surface area contributed by atoms with Crippen LogP contribution in [0.2, 0.25) is 0 Å². The van der Waals surface area contributed by atoms with E-state index in [1.807, 2.05) is 39.0 Å². The van der Waals surface area contributed by atoms with Gasteiger partial charge in [-0.1, -0.05) is 12.2 Å². The topological polar surface area (TPSA) is 26.3 Å². The van der Waals surface area contributed by atoms with Crippen LogP contribution in [0.1, 0.15) is 27.0 Å². The average molecular weight is 224 g/mol. The number of thiophene rings is 1. The Balaban J connectivity index is 2.50. The van der Waals surface area contributed by atoms with Crippen molar-refractivity contribution in [2.45, 2.75) is 20.8 Å². The predicted molar refractivity (Wildman–Crippen MR) is 63.8 cm³/mol. The van der Waals surface area contributed by atoms with Crippen LogP contribution in [0, 0.1) is 13.8 Å². The second-order valence-electron chi connectivity index (χ2n) is 3.33. The summed E-state index contributed by atoms with van der Waals surface area (Å²) in [7, 11) is 0. The summed E-state index contributed by atoms with van der Waals surface area (Å²) in [5.74, 6) is 0.0707. The lowest BCUT2D eigenvalue weighted by atomic mass is 10.2. The first-order valence-electron chi connectivity index (χ1n) is 4.94. The molecule has 0 bridgehead atoms. The van der Waals surface area contributed by atoms with Crippen molar-refractivity contribution < 1.29 is 9.53 Å². The van der Waals surface area contributed by atoms with Crippen molar-refractivity contribution >= 4 is 17.1 Å². The van der Waals surface area contributed by atoms with Crippen molar-refractivity contribution in [3.05, 3.63) is 33.5 Å². The van der Waals surface area contributed by atoms with Gasteiger partial charge in [0.05, 0.1) is 6.61 Å². The summed E-state index contributed by atoms with van der Waals surface area (Å²) in [5, 5.41) is 0. The Morgan fingerprint density at radius 1 is 1.53 bits per heavy atom. The molecule has 0 amide bonds. The molecule has 0 aromatic carbocycles. The van der Waals surface area contributed by atoms with Crippen LogP contribution in [0.15, 0.2) is 18.2 Å². The van der Waals surface area contributed by atoms with Crippen LogP contribution in [-0.4, -0.2) is 19.0 Å². The Kier molecular flexibility index (Phi) is 4.72. The van der Waals surface area contributed by atoms with Gasteiger partial charge in [-0.25, -0.2) is 0 Å². The van der Waals surface area contributed by atoms with Crippen molar-refractivity contribution in [1.29, 1.82) is 0 Å². The highest BCUT2D eigenvalue weighted by molar-refractivity contribution is 7.12. The van der Waals surface area contributed by atoms with E-state index in [-0.39, 0.29) is 12.4 Å². The zero-order valence-electron chi connectivity index (χ0n) is 9.37. The summed E-state index contributed by atoms with van der Waals surface area (Å²) in [6.07, 6.45) is 3.80. The van der Waals surface area contributed by atoms with E-state index in [1.165, 1.54) is 4.88 Å². The molecule has 2 nitrogen and oxygen atoms in total. The molecule has 0 aliphatic rings. The van der Waals surface area contributed by atoms with Gasteiger partial charge in [-0.15, -0.1) is 11.3 Å². The highest BCUT2D eigenvalue weighted by Gasteiger charge is 2.11. The molecule has 1 aromatic rings. The van der Waals surface area contributed by atoms with E-state index in [4.69, 9.17) is 4.74 Å². The molecule has 0 unspecified atom stereocenters. The molecule has 0 fully saturated rings. The Bertz CT molecular complexity index is 364. The van der Waals surface area contributed by atoms with Crippen molar-refractivity contribution in [1.82, 2.24) is 0 Å². The Hall–Kier alpha value is -0.930. The van der Waals surface area contributed by atoms with Crippen LogP contribution in [0.25, 0.3) is 0 Å². The molecule has 1 heterocycles. The quantitative estimate of drug-likeness (QED) is 0.436. The van der Waals surface area contributed by atoms with Gasteiger partial charge < -0.3 is 4.74 Å². The summed E-state index contributed by atoms with van der Waals surface area (Å²) in [6, 6.07) is 1.93. The maximum absolute atomic E-state index is 11.7. The molecular formula is C12H16O2S. The van der Waals surface area contributed by atoms with E-state index in [1.54, 1.807) is 11.3 Å². The maximum atomic E-state index is 11.7. The van der Waals surface area contributed by atoms with Crippen molar-refractivity contribution in [2.75, 3.05) is 13.2 Å². The molecule has 0 saturated heterocycles. The minimum absolute atomic E-state index is 0.0707. The first-order chi connectivity index (χ1) is 7.15. The Morgan fingerprint density at radius 2 is 2.27 bits per heavy atom. The number of aryl methyl sites for hydroxylation is 2. The number of rotatable bonds is 5. The molecule has 3 heteroatoms. The van der Waals surface area contributed by atoms with E-state index >= 15 is 0 Å². The van der Waals surface area contributed by atoms with Crippen LogP contribution in [0.3, 0.4) is 0 Å². The number of hydrogen-bond donors (Lipinski definition) is 0. The van der Waals surface area contributed by atoms with E-state index in [2.05, 4.69) is 0 Å². The van der Waals surface area contributed by atoms with E-state index in [0.29, 0.717) is 6.61 Å². The average Bonchev–Trinajstić information content (AvgIpc) is 2.52. The zero-order chi connectivity index (χ0) is 11.3. The number of Topliss-reactive ketones (excluding diaryl/α,β-unsaturated/α-hetero) is 1. The molecule has 0 N–H and O–H groups in total. The monoisotopic (exact) mass is 224 g/mol. The number of ketones is 1. The SMILES string of the molecule is CC=CCOCC(=O)c1cc(C)sc1C. The third kappa shape index (κ3) is 3.61. The van der Waals surface area contributed by atoms with E-state index in [9.17, 15) is 4.79 Å². The number of allylic oxidation sites excluding steroid dienone is 1. The smallest absolute Gasteiger partial charge is 0.189 e. The van der Waals surface area contributed by atoms with Crippen LogP contribution in [-0.2, 0) is 4.74 Å². The molecule has 0 atom stereocenters. The molecular weight excluding hydrogens is 208 g/mol. The standard InChI is InChI=1S/C12H16O2S/c1-4-5-6-14-8-12(13)11-7-9(2)15-10(11)3/h4-5,7H,6,8H2,1-3H3. The van der Waals surface area contributed by atoms with Crippen LogP contribution < -0.4 is 0 Å². The fourth-order valence-electron chi connectivity index (χ4n) is 1.30. The van der Waals surface area contributed by atoms with Gasteiger partial charge in [0, 0.05) is 15.3 Å². The lowest BCUT2D eigenvalue weighted by Gasteiger charge is -1.99. The largest absolute Gasteiger partial charge is 0.369 e. The lowest BCUT2D eigenvalue weighted by Crippen LogP contribution is -2.09. The van der Waals surface area contributed by atoms with Crippen molar-refractivity contribution in [3.63, 3.8) is 0 Å². The van der Waals surface area contributed by atoms with Gasteiger partial charge in [0.1, 0.15) is 6.61 Å². The molecule has 0 spiro atoms. The maximum Gasteiger partial charge on any atom is 0.189 e. The highest BCUT2D eigenvalue weighted by Crippen LogP contribution is 2.20. The molecule has 0 radical (unpaired) electrons. The van der Waals surface area contributed by atoms with Gasteiger partial charge >= 0.3 is 0 Å². The fraction of sp³-hybridized carbons (Fsp3) is 0.417. The summed E-state index contributed by atoms with van der Waals surface area (Å²) < 4.78 is 5.22. The van der Waals surface area contributed by atoms with Crippen LogP contribution in [0.4, 0.5) is 0 Å². The Morgan fingerprint density at radius 3 is 2.80 bits per heavy atom. The van der Waals surface area contributed by atoms with Gasteiger partial charge in [-0.2, -0.15) is 0 Å². The van der Waals surface area contributed by atoms with Crippen LogP contribution in [0.5, 0.6) is 0 Å². The van der Waals surface area contributed by atoms with Crippen molar-refractivity contribution in [2.24, 2.45) is 0 Å². The molecule has 0 saturated carbocycles. The van der Waals surface area contributed by atoms with E-state index < -0.39 is 0 Å². The number of ether oxygens (including phenoxy) is 1. The molecule has 82 valence electrons. The lowest BCUT2D eigenvalue weighted by molar-refractivity contribution is 0.0806. The summed E-state index contributed by atoms with van der Waals surface area (Å²) >= 11 is 1.65.